The fraction of sp³-hybridized carbons (Fsp3) is 0.214. The molecule has 0 aliphatic heterocycles. The number of rotatable bonds is 6. The summed E-state index contributed by atoms with van der Waals surface area (Å²) in [7, 11) is -3.75. The molecule has 0 radical (unpaired) electrons. The standard InChI is InChI=1S/C28H28N2O3S/c31-23-13-11-22(12-14-23)30-26-16-15-24(19-25(26)20-7-3-1-4-8-20)34(32,33)27-17-18-29-28(27)21-9-5-2-6-10-21/h1-10,15-19,22-23,29-31H,11-14H2. The van der Waals surface area contributed by atoms with Crippen molar-refractivity contribution in [2.24, 2.45) is 0 Å². The zero-order valence-corrected chi connectivity index (χ0v) is 19.6. The Kier molecular flexibility index (Phi) is 6.26. The Morgan fingerprint density at radius 1 is 0.794 bits per heavy atom. The average Bonchev–Trinajstić information content (AvgIpc) is 3.38. The van der Waals surface area contributed by atoms with Crippen molar-refractivity contribution in [2.75, 3.05) is 5.32 Å². The number of hydrogen-bond acceptors (Lipinski definition) is 4. The lowest BCUT2D eigenvalue weighted by molar-refractivity contribution is 0.126. The van der Waals surface area contributed by atoms with Crippen LogP contribution >= 0.6 is 0 Å². The summed E-state index contributed by atoms with van der Waals surface area (Å²) >= 11 is 0. The molecule has 1 fully saturated rings. The summed E-state index contributed by atoms with van der Waals surface area (Å²) in [5.74, 6) is 0. The van der Waals surface area contributed by atoms with Gasteiger partial charge in [-0.3, -0.25) is 0 Å². The van der Waals surface area contributed by atoms with E-state index in [1.54, 1.807) is 24.4 Å². The van der Waals surface area contributed by atoms with Crippen LogP contribution in [-0.4, -0.2) is 30.7 Å². The predicted octanol–water partition coefficient (Wildman–Crippen LogP) is 5.90. The topological polar surface area (TPSA) is 82.2 Å². The maximum Gasteiger partial charge on any atom is 0.208 e. The zero-order valence-electron chi connectivity index (χ0n) is 18.8. The molecule has 1 heterocycles. The van der Waals surface area contributed by atoms with E-state index in [0.717, 1.165) is 48.1 Å². The average molecular weight is 473 g/mol. The van der Waals surface area contributed by atoms with E-state index in [9.17, 15) is 13.5 Å². The Bertz CT molecular complexity index is 1360. The SMILES string of the molecule is O=S(=O)(c1ccc(NC2CCC(O)CC2)c(-c2ccccc2)c1)c1cc[nH]c1-c1ccccc1. The van der Waals surface area contributed by atoms with Crippen LogP contribution < -0.4 is 5.32 Å². The minimum Gasteiger partial charge on any atom is -0.393 e. The second kappa shape index (κ2) is 9.49. The Morgan fingerprint density at radius 3 is 2.12 bits per heavy atom. The van der Waals surface area contributed by atoms with Gasteiger partial charge in [0.15, 0.2) is 0 Å². The lowest BCUT2D eigenvalue weighted by atomic mass is 9.92. The minimum atomic E-state index is -3.75. The Hall–Kier alpha value is -3.35. The number of aliphatic hydroxyl groups is 1. The summed E-state index contributed by atoms with van der Waals surface area (Å²) in [6, 6.07) is 26.5. The van der Waals surface area contributed by atoms with Gasteiger partial charge < -0.3 is 15.4 Å². The molecule has 0 bridgehead atoms. The van der Waals surface area contributed by atoms with Gasteiger partial charge in [-0.05, 0) is 61.1 Å². The van der Waals surface area contributed by atoms with Crippen LogP contribution in [0.25, 0.3) is 22.4 Å². The lowest BCUT2D eigenvalue weighted by Gasteiger charge is -2.28. The van der Waals surface area contributed by atoms with Crippen LogP contribution in [0.5, 0.6) is 0 Å². The van der Waals surface area contributed by atoms with Gasteiger partial charge in [-0.25, -0.2) is 8.42 Å². The third kappa shape index (κ3) is 4.52. The van der Waals surface area contributed by atoms with Gasteiger partial charge in [-0.2, -0.15) is 0 Å². The van der Waals surface area contributed by atoms with Crippen molar-refractivity contribution in [2.45, 2.75) is 47.6 Å². The summed E-state index contributed by atoms with van der Waals surface area (Å²) in [6.07, 6.45) is 4.78. The monoisotopic (exact) mass is 472 g/mol. The first kappa shape index (κ1) is 22.4. The summed E-state index contributed by atoms with van der Waals surface area (Å²) in [4.78, 5) is 3.62. The van der Waals surface area contributed by atoms with E-state index in [1.807, 2.05) is 66.7 Å². The van der Waals surface area contributed by atoms with E-state index >= 15 is 0 Å². The van der Waals surface area contributed by atoms with Crippen LogP contribution in [0.1, 0.15) is 25.7 Å². The van der Waals surface area contributed by atoms with Gasteiger partial charge in [-0.15, -0.1) is 0 Å². The van der Waals surface area contributed by atoms with E-state index in [4.69, 9.17) is 0 Å². The molecule has 4 aromatic rings. The van der Waals surface area contributed by atoms with Crippen LogP contribution in [-0.2, 0) is 9.84 Å². The number of aliphatic hydroxyl groups excluding tert-OH is 1. The number of aromatic amines is 1. The highest BCUT2D eigenvalue weighted by Gasteiger charge is 2.25. The van der Waals surface area contributed by atoms with E-state index in [1.165, 1.54) is 0 Å². The fourth-order valence-corrected chi connectivity index (χ4v) is 6.12. The first-order valence-corrected chi connectivity index (χ1v) is 13.1. The molecule has 0 unspecified atom stereocenters. The van der Waals surface area contributed by atoms with Gasteiger partial charge in [0.25, 0.3) is 0 Å². The normalized spacial score (nSPS) is 18.5. The lowest BCUT2D eigenvalue weighted by Crippen LogP contribution is -2.28. The molecule has 174 valence electrons. The van der Waals surface area contributed by atoms with E-state index < -0.39 is 9.84 Å². The highest BCUT2D eigenvalue weighted by Crippen LogP contribution is 2.36. The highest BCUT2D eigenvalue weighted by molar-refractivity contribution is 7.91. The van der Waals surface area contributed by atoms with Crippen molar-refractivity contribution in [1.82, 2.24) is 4.98 Å². The first-order chi connectivity index (χ1) is 16.5. The predicted molar refractivity (Wildman–Crippen MR) is 135 cm³/mol. The molecule has 3 N–H and O–H groups in total. The molecular formula is C28H28N2O3S. The number of H-pyrrole nitrogens is 1. The van der Waals surface area contributed by atoms with Crippen LogP contribution in [0, 0.1) is 0 Å². The van der Waals surface area contributed by atoms with Crippen molar-refractivity contribution in [3.05, 3.63) is 91.1 Å². The maximum absolute atomic E-state index is 13.7. The summed E-state index contributed by atoms with van der Waals surface area (Å²) < 4.78 is 27.5. The van der Waals surface area contributed by atoms with Crippen molar-refractivity contribution in [3.8, 4) is 22.4 Å². The third-order valence-electron chi connectivity index (χ3n) is 6.50. The second-order valence-electron chi connectivity index (χ2n) is 8.81. The Labute approximate surface area is 200 Å². The third-order valence-corrected chi connectivity index (χ3v) is 8.30. The van der Waals surface area contributed by atoms with Gasteiger partial charge >= 0.3 is 0 Å². The van der Waals surface area contributed by atoms with Gasteiger partial charge in [0.2, 0.25) is 9.84 Å². The second-order valence-corrected chi connectivity index (χ2v) is 10.7. The molecule has 1 saturated carbocycles. The Balaban J connectivity index is 1.55. The van der Waals surface area contributed by atoms with Crippen molar-refractivity contribution in [1.29, 1.82) is 0 Å². The molecule has 6 heteroatoms. The molecule has 5 rings (SSSR count). The first-order valence-electron chi connectivity index (χ1n) is 11.6. The maximum atomic E-state index is 13.7. The molecule has 0 atom stereocenters. The van der Waals surface area contributed by atoms with Crippen molar-refractivity contribution in [3.63, 3.8) is 0 Å². The van der Waals surface area contributed by atoms with Crippen LogP contribution in [0.4, 0.5) is 5.69 Å². The number of anilines is 1. The number of nitrogens with one attached hydrogen (secondary N) is 2. The van der Waals surface area contributed by atoms with E-state index in [0.29, 0.717) is 5.69 Å². The molecule has 34 heavy (non-hydrogen) atoms. The van der Waals surface area contributed by atoms with E-state index in [-0.39, 0.29) is 21.9 Å². The van der Waals surface area contributed by atoms with Crippen molar-refractivity contribution >= 4 is 15.5 Å². The largest absolute Gasteiger partial charge is 0.393 e. The highest BCUT2D eigenvalue weighted by atomic mass is 32.2. The molecule has 1 aliphatic carbocycles. The van der Waals surface area contributed by atoms with Crippen molar-refractivity contribution < 1.29 is 13.5 Å². The zero-order chi connectivity index (χ0) is 23.5. The summed E-state index contributed by atoms with van der Waals surface area (Å²) in [5.41, 5.74) is 4.13. The van der Waals surface area contributed by atoms with Gasteiger partial charge in [0.1, 0.15) is 0 Å². The quantitative estimate of drug-likeness (QED) is 0.326. The molecule has 0 spiro atoms. The summed E-state index contributed by atoms with van der Waals surface area (Å²) in [5, 5.41) is 13.5. The van der Waals surface area contributed by atoms with Gasteiger partial charge in [-0.1, -0.05) is 60.7 Å². The smallest absolute Gasteiger partial charge is 0.208 e. The van der Waals surface area contributed by atoms with Gasteiger partial charge in [0, 0.05) is 23.5 Å². The van der Waals surface area contributed by atoms with Crippen LogP contribution in [0.2, 0.25) is 0 Å². The molecular weight excluding hydrogens is 444 g/mol. The number of hydrogen-bond donors (Lipinski definition) is 3. The number of benzene rings is 3. The summed E-state index contributed by atoms with van der Waals surface area (Å²) in [6.45, 7) is 0. The van der Waals surface area contributed by atoms with Crippen LogP contribution in [0.3, 0.4) is 0 Å². The van der Waals surface area contributed by atoms with Crippen LogP contribution in [0.15, 0.2) is 101 Å². The molecule has 1 aliphatic rings. The molecule has 3 aromatic carbocycles. The number of sulfone groups is 1. The molecule has 0 amide bonds. The van der Waals surface area contributed by atoms with Gasteiger partial charge in [0.05, 0.1) is 21.6 Å². The molecule has 0 saturated heterocycles. The Morgan fingerprint density at radius 2 is 1.44 bits per heavy atom. The molecule has 1 aromatic heterocycles. The van der Waals surface area contributed by atoms with E-state index in [2.05, 4.69) is 10.3 Å². The minimum absolute atomic E-state index is 0.223. The number of aromatic nitrogens is 1. The fourth-order valence-electron chi connectivity index (χ4n) is 4.65. The molecule has 5 nitrogen and oxygen atoms in total.